The lowest BCUT2D eigenvalue weighted by atomic mass is 9.48. The van der Waals surface area contributed by atoms with Gasteiger partial charge in [-0.2, -0.15) is 5.10 Å². The SMILES string of the molecule is Cc1cc2n(n1)CCCN2C(=O)CCC(=O)N[C@@H](C)C12CC3CC(CC(C3)C1)C2. The molecule has 4 aliphatic carbocycles. The van der Waals surface area contributed by atoms with E-state index in [1.165, 1.54) is 38.5 Å². The van der Waals surface area contributed by atoms with Gasteiger partial charge in [0.05, 0.1) is 5.69 Å². The molecule has 1 aromatic heterocycles. The van der Waals surface area contributed by atoms with Gasteiger partial charge in [0.15, 0.2) is 0 Å². The maximum Gasteiger partial charge on any atom is 0.228 e. The number of rotatable bonds is 5. The summed E-state index contributed by atoms with van der Waals surface area (Å²) in [5, 5.41) is 7.74. The summed E-state index contributed by atoms with van der Waals surface area (Å²) in [6.45, 7) is 5.73. The fourth-order valence-corrected chi connectivity index (χ4v) is 7.19. The molecule has 1 aromatic rings. The van der Waals surface area contributed by atoms with E-state index in [1.807, 2.05) is 17.7 Å². The summed E-state index contributed by atoms with van der Waals surface area (Å²) in [5.41, 5.74) is 1.24. The number of amides is 2. The van der Waals surface area contributed by atoms with Gasteiger partial charge in [0.2, 0.25) is 11.8 Å². The van der Waals surface area contributed by atoms with E-state index in [0.717, 1.165) is 48.8 Å². The molecule has 4 saturated carbocycles. The fourth-order valence-electron chi connectivity index (χ4n) is 7.19. The number of carbonyl (C=O) groups is 2. The van der Waals surface area contributed by atoms with Crippen molar-refractivity contribution in [3.63, 3.8) is 0 Å². The first kappa shape index (κ1) is 19.1. The largest absolute Gasteiger partial charge is 0.353 e. The van der Waals surface area contributed by atoms with Crippen LogP contribution >= 0.6 is 0 Å². The molecule has 0 unspecified atom stereocenters. The second kappa shape index (κ2) is 7.13. The molecular weight excluding hydrogens is 364 g/mol. The zero-order chi connectivity index (χ0) is 20.2. The van der Waals surface area contributed by atoms with Crippen molar-refractivity contribution >= 4 is 17.6 Å². The Morgan fingerprint density at radius 3 is 2.45 bits per heavy atom. The Hall–Kier alpha value is -1.85. The van der Waals surface area contributed by atoms with Crippen molar-refractivity contribution in [3.05, 3.63) is 11.8 Å². The topological polar surface area (TPSA) is 67.2 Å². The predicted octanol–water partition coefficient (Wildman–Crippen LogP) is 3.43. The molecule has 6 heteroatoms. The molecule has 2 heterocycles. The van der Waals surface area contributed by atoms with Gasteiger partial charge < -0.3 is 5.32 Å². The van der Waals surface area contributed by atoms with Crippen molar-refractivity contribution in [3.8, 4) is 0 Å². The van der Waals surface area contributed by atoms with Gasteiger partial charge in [-0.15, -0.1) is 0 Å². The van der Waals surface area contributed by atoms with Crippen molar-refractivity contribution in [2.45, 2.75) is 84.2 Å². The van der Waals surface area contributed by atoms with E-state index in [4.69, 9.17) is 0 Å². The third kappa shape index (κ3) is 3.49. The Balaban J connectivity index is 1.16. The van der Waals surface area contributed by atoms with Gasteiger partial charge >= 0.3 is 0 Å². The number of anilines is 1. The monoisotopic (exact) mass is 398 g/mol. The molecule has 1 aliphatic heterocycles. The number of nitrogens with zero attached hydrogens (tertiary/aromatic N) is 3. The number of carbonyl (C=O) groups excluding carboxylic acids is 2. The van der Waals surface area contributed by atoms with Crippen LogP contribution in [0.1, 0.15) is 70.4 Å². The highest BCUT2D eigenvalue weighted by atomic mass is 16.2. The highest BCUT2D eigenvalue weighted by Crippen LogP contribution is 2.61. The maximum absolute atomic E-state index is 12.8. The van der Waals surface area contributed by atoms with E-state index in [-0.39, 0.29) is 30.7 Å². The summed E-state index contributed by atoms with van der Waals surface area (Å²) in [6, 6.07) is 2.18. The van der Waals surface area contributed by atoms with Crippen molar-refractivity contribution in [2.75, 3.05) is 11.4 Å². The summed E-state index contributed by atoms with van der Waals surface area (Å²) in [5.74, 6) is 3.59. The molecule has 0 aromatic carbocycles. The van der Waals surface area contributed by atoms with Crippen LogP contribution in [0.15, 0.2) is 6.07 Å². The van der Waals surface area contributed by atoms with E-state index in [1.54, 1.807) is 4.90 Å². The van der Waals surface area contributed by atoms with Crippen molar-refractivity contribution in [1.82, 2.24) is 15.1 Å². The van der Waals surface area contributed by atoms with Crippen molar-refractivity contribution in [2.24, 2.45) is 23.2 Å². The number of aromatic nitrogens is 2. The van der Waals surface area contributed by atoms with Gasteiger partial charge in [0, 0.05) is 38.0 Å². The Morgan fingerprint density at radius 2 is 1.79 bits per heavy atom. The lowest BCUT2D eigenvalue weighted by Gasteiger charge is -2.59. The van der Waals surface area contributed by atoms with Gasteiger partial charge in [0.1, 0.15) is 5.82 Å². The number of nitrogens with one attached hydrogen (secondary N) is 1. The van der Waals surface area contributed by atoms with Crippen LogP contribution < -0.4 is 10.2 Å². The summed E-state index contributed by atoms with van der Waals surface area (Å²) in [7, 11) is 0. The predicted molar refractivity (Wildman–Crippen MR) is 111 cm³/mol. The Bertz CT molecular complexity index is 779. The molecule has 1 N–H and O–H groups in total. The number of aryl methyl sites for hydroxylation is 2. The van der Waals surface area contributed by atoms with Gasteiger partial charge in [-0.05, 0) is 82.0 Å². The molecule has 2 amide bonds. The quantitative estimate of drug-likeness (QED) is 0.826. The van der Waals surface area contributed by atoms with Gasteiger partial charge in [-0.3, -0.25) is 14.5 Å². The van der Waals surface area contributed by atoms with E-state index in [9.17, 15) is 9.59 Å². The van der Waals surface area contributed by atoms with Gasteiger partial charge in [0.25, 0.3) is 0 Å². The first-order valence-electron chi connectivity index (χ1n) is 11.6. The van der Waals surface area contributed by atoms with Crippen LogP contribution in [0.2, 0.25) is 0 Å². The fraction of sp³-hybridized carbons (Fsp3) is 0.783. The highest BCUT2D eigenvalue weighted by molar-refractivity contribution is 5.95. The van der Waals surface area contributed by atoms with Crippen LogP contribution in [0.3, 0.4) is 0 Å². The molecule has 1 atom stereocenters. The average Bonchev–Trinajstić information content (AvgIpc) is 3.05. The molecule has 0 radical (unpaired) electrons. The molecule has 0 saturated heterocycles. The van der Waals surface area contributed by atoms with E-state index in [0.29, 0.717) is 5.41 Å². The molecule has 6 nitrogen and oxygen atoms in total. The second-order valence-corrected chi connectivity index (χ2v) is 10.3. The van der Waals surface area contributed by atoms with Crippen LogP contribution in [0, 0.1) is 30.1 Å². The number of fused-ring (bicyclic) bond motifs is 1. The summed E-state index contributed by atoms with van der Waals surface area (Å²) >= 11 is 0. The molecule has 4 bridgehead atoms. The number of hydrogen-bond donors (Lipinski definition) is 1. The normalized spacial score (nSPS) is 33.4. The van der Waals surface area contributed by atoms with Crippen LogP contribution in [0.25, 0.3) is 0 Å². The average molecular weight is 399 g/mol. The van der Waals surface area contributed by atoms with Crippen LogP contribution in [0.5, 0.6) is 0 Å². The minimum atomic E-state index is 0.0308. The molecular formula is C23H34N4O2. The van der Waals surface area contributed by atoms with Crippen molar-refractivity contribution < 1.29 is 9.59 Å². The van der Waals surface area contributed by atoms with E-state index >= 15 is 0 Å². The zero-order valence-electron chi connectivity index (χ0n) is 17.8. The standard InChI is InChI=1S/C23H34N4O2/c1-15-8-21-26(6-3-7-27(21)25-15)22(29)5-4-20(28)24-16(2)23-12-17-9-18(13-23)11-19(10-17)14-23/h8,16-19H,3-7,9-14H2,1-2H3,(H,24,28)/t16-,17?,18?,19?,23?/m0/s1. The summed E-state index contributed by atoms with van der Waals surface area (Å²) < 4.78 is 1.91. The minimum absolute atomic E-state index is 0.0308. The smallest absolute Gasteiger partial charge is 0.228 e. The van der Waals surface area contributed by atoms with Crippen LogP contribution in [-0.2, 0) is 16.1 Å². The third-order valence-electron chi connectivity index (χ3n) is 8.16. The second-order valence-electron chi connectivity index (χ2n) is 10.3. The maximum atomic E-state index is 12.8. The zero-order valence-corrected chi connectivity index (χ0v) is 17.8. The van der Waals surface area contributed by atoms with Crippen LogP contribution in [0.4, 0.5) is 5.82 Å². The summed E-state index contributed by atoms with van der Waals surface area (Å²) in [4.78, 5) is 27.3. The van der Waals surface area contributed by atoms with E-state index in [2.05, 4.69) is 17.3 Å². The molecule has 4 fully saturated rings. The third-order valence-corrected chi connectivity index (χ3v) is 8.16. The first-order valence-corrected chi connectivity index (χ1v) is 11.6. The van der Waals surface area contributed by atoms with E-state index < -0.39 is 0 Å². The Labute approximate surface area is 173 Å². The lowest BCUT2D eigenvalue weighted by Crippen LogP contribution is -2.55. The molecule has 29 heavy (non-hydrogen) atoms. The van der Waals surface area contributed by atoms with Gasteiger partial charge in [-0.25, -0.2) is 4.68 Å². The molecule has 158 valence electrons. The number of hydrogen-bond acceptors (Lipinski definition) is 3. The summed E-state index contributed by atoms with van der Waals surface area (Å²) in [6.07, 6.45) is 9.57. The highest BCUT2D eigenvalue weighted by Gasteiger charge is 2.53. The Morgan fingerprint density at radius 1 is 1.14 bits per heavy atom. The first-order chi connectivity index (χ1) is 13.9. The lowest BCUT2D eigenvalue weighted by molar-refractivity contribution is -0.128. The van der Waals surface area contributed by atoms with Crippen LogP contribution in [-0.4, -0.2) is 34.2 Å². The molecule has 6 rings (SSSR count). The molecule has 0 spiro atoms. The minimum Gasteiger partial charge on any atom is -0.353 e. The van der Waals surface area contributed by atoms with Crippen molar-refractivity contribution in [1.29, 1.82) is 0 Å². The Kier molecular flexibility index (Phi) is 4.71. The van der Waals surface area contributed by atoms with Gasteiger partial charge in [-0.1, -0.05) is 0 Å². The molecule has 5 aliphatic rings.